The molecule has 0 radical (unpaired) electrons. The molecule has 3 rings (SSSR count). The summed E-state index contributed by atoms with van der Waals surface area (Å²) in [5.74, 6) is 0.612. The third-order valence-electron chi connectivity index (χ3n) is 3.88. The fourth-order valence-electron chi connectivity index (χ4n) is 2.74. The van der Waals surface area contributed by atoms with E-state index in [4.69, 9.17) is 0 Å². The van der Waals surface area contributed by atoms with Gasteiger partial charge in [-0.1, -0.05) is 23.1 Å². The van der Waals surface area contributed by atoms with Crippen molar-refractivity contribution in [2.45, 2.75) is 42.6 Å². The van der Waals surface area contributed by atoms with Crippen molar-refractivity contribution >= 4 is 44.0 Å². The number of nitrogens with one attached hydrogen (secondary N) is 1. The number of thioether (sulfide) groups is 1. The molecular formula is C13H20N4O3S3. The van der Waals surface area contributed by atoms with E-state index in [1.807, 2.05) is 11.8 Å². The van der Waals surface area contributed by atoms with E-state index in [0.29, 0.717) is 6.42 Å². The minimum Gasteiger partial charge on any atom is -0.360 e. The molecule has 0 bridgehead atoms. The van der Waals surface area contributed by atoms with Crippen LogP contribution in [-0.4, -0.2) is 65.3 Å². The van der Waals surface area contributed by atoms with E-state index >= 15 is 0 Å². The molecule has 0 unspecified atom stereocenters. The highest BCUT2D eigenvalue weighted by molar-refractivity contribution is 8.01. The molecular weight excluding hydrogens is 356 g/mol. The Morgan fingerprint density at radius 3 is 2.74 bits per heavy atom. The lowest BCUT2D eigenvalue weighted by molar-refractivity contribution is -0.130. The fraction of sp³-hybridized carbons (Fsp3) is 0.769. The van der Waals surface area contributed by atoms with Gasteiger partial charge in [-0.05, 0) is 26.2 Å². The van der Waals surface area contributed by atoms with Gasteiger partial charge in [0.1, 0.15) is 0 Å². The van der Waals surface area contributed by atoms with E-state index in [2.05, 4.69) is 15.5 Å². The topological polar surface area (TPSA) is 92.3 Å². The summed E-state index contributed by atoms with van der Waals surface area (Å²) in [4.78, 5) is 14.4. The number of carbonyl (C=O) groups is 1. The van der Waals surface area contributed by atoms with Crippen molar-refractivity contribution < 1.29 is 13.2 Å². The maximum atomic E-state index is 12.6. The van der Waals surface area contributed by atoms with Crippen LogP contribution in [0.4, 0.5) is 5.13 Å². The summed E-state index contributed by atoms with van der Waals surface area (Å²) in [6, 6.07) is 0.0838. The summed E-state index contributed by atoms with van der Waals surface area (Å²) in [6.07, 6.45) is 2.53. The largest absolute Gasteiger partial charge is 0.360 e. The molecule has 1 aliphatic heterocycles. The average Bonchev–Trinajstić information content (AvgIpc) is 3.11. The summed E-state index contributed by atoms with van der Waals surface area (Å²) in [5.41, 5.74) is 0. The van der Waals surface area contributed by atoms with Gasteiger partial charge in [0.15, 0.2) is 14.2 Å². The van der Waals surface area contributed by atoms with Crippen LogP contribution < -0.4 is 5.32 Å². The van der Waals surface area contributed by atoms with Crippen molar-refractivity contribution in [2.24, 2.45) is 0 Å². The predicted molar refractivity (Wildman–Crippen MR) is 91.7 cm³/mol. The zero-order valence-corrected chi connectivity index (χ0v) is 15.3. The molecule has 1 saturated heterocycles. The van der Waals surface area contributed by atoms with Gasteiger partial charge in [0.25, 0.3) is 0 Å². The molecule has 1 saturated carbocycles. The van der Waals surface area contributed by atoms with E-state index in [-0.39, 0.29) is 35.2 Å². The maximum absolute atomic E-state index is 12.6. The zero-order chi connectivity index (χ0) is 16.4. The predicted octanol–water partition coefficient (Wildman–Crippen LogP) is 1.24. The SMILES string of the molecule is CCNc1nnc(SCC(=O)N(C2CC2)[C@@H]2CCS(=O)(=O)C2)s1. The molecule has 0 aromatic carbocycles. The molecule has 23 heavy (non-hydrogen) atoms. The van der Waals surface area contributed by atoms with Crippen LogP contribution in [0, 0.1) is 0 Å². The normalized spacial score (nSPS) is 22.9. The van der Waals surface area contributed by atoms with Gasteiger partial charge in [-0.15, -0.1) is 10.2 Å². The highest BCUT2D eigenvalue weighted by atomic mass is 32.2. The van der Waals surface area contributed by atoms with Crippen LogP contribution in [0.1, 0.15) is 26.2 Å². The molecule has 2 heterocycles. The molecule has 1 aliphatic carbocycles. The van der Waals surface area contributed by atoms with Crippen molar-refractivity contribution in [1.82, 2.24) is 15.1 Å². The first kappa shape index (κ1) is 17.0. The van der Waals surface area contributed by atoms with Gasteiger partial charge in [0.05, 0.1) is 17.3 Å². The van der Waals surface area contributed by atoms with Gasteiger partial charge in [0.2, 0.25) is 11.0 Å². The number of sulfone groups is 1. The fourth-order valence-corrected chi connectivity index (χ4v) is 6.14. The van der Waals surface area contributed by atoms with Gasteiger partial charge in [-0.2, -0.15) is 0 Å². The highest BCUT2D eigenvalue weighted by Gasteiger charge is 2.41. The summed E-state index contributed by atoms with van der Waals surface area (Å²) >= 11 is 2.80. The number of hydrogen-bond donors (Lipinski definition) is 1. The lowest BCUT2D eigenvalue weighted by Gasteiger charge is -2.28. The minimum atomic E-state index is -2.98. The smallest absolute Gasteiger partial charge is 0.233 e. The second-order valence-electron chi connectivity index (χ2n) is 5.78. The maximum Gasteiger partial charge on any atom is 0.233 e. The van der Waals surface area contributed by atoms with Crippen molar-refractivity contribution in [3.8, 4) is 0 Å². The summed E-state index contributed by atoms with van der Waals surface area (Å²) in [6.45, 7) is 2.77. The monoisotopic (exact) mass is 376 g/mol. The second-order valence-corrected chi connectivity index (χ2v) is 10.2. The standard InChI is InChI=1S/C13H20N4O3S3/c1-2-14-12-15-16-13(22-12)21-7-11(18)17(9-3-4-9)10-5-6-23(19,20)8-10/h9-10H,2-8H2,1H3,(H,14,15)/t10-/m1/s1. The first-order chi connectivity index (χ1) is 11.0. The third-order valence-corrected chi connectivity index (χ3v) is 7.63. The van der Waals surface area contributed by atoms with E-state index < -0.39 is 9.84 Å². The Kier molecular flexibility index (Phi) is 5.12. The molecule has 1 amide bonds. The quantitative estimate of drug-likeness (QED) is 0.716. The van der Waals surface area contributed by atoms with E-state index in [1.165, 1.54) is 23.1 Å². The Bertz CT molecular complexity index is 672. The van der Waals surface area contributed by atoms with Gasteiger partial charge >= 0.3 is 0 Å². The number of hydrogen-bond acceptors (Lipinski definition) is 8. The number of carbonyl (C=O) groups excluding carboxylic acids is 1. The summed E-state index contributed by atoms with van der Waals surface area (Å²) in [5, 5.41) is 11.9. The Morgan fingerprint density at radius 2 is 2.13 bits per heavy atom. The second kappa shape index (κ2) is 6.94. The van der Waals surface area contributed by atoms with Crippen LogP contribution in [-0.2, 0) is 14.6 Å². The number of nitrogens with zero attached hydrogens (tertiary/aromatic N) is 3. The molecule has 1 N–H and O–H groups in total. The van der Waals surface area contributed by atoms with Crippen LogP contribution in [0.3, 0.4) is 0 Å². The molecule has 1 atom stereocenters. The molecule has 1 aromatic heterocycles. The van der Waals surface area contributed by atoms with E-state index in [9.17, 15) is 13.2 Å². The molecule has 128 valence electrons. The van der Waals surface area contributed by atoms with E-state index in [0.717, 1.165) is 28.9 Å². The van der Waals surface area contributed by atoms with Crippen molar-refractivity contribution in [3.05, 3.63) is 0 Å². The summed E-state index contributed by atoms with van der Waals surface area (Å²) in [7, 11) is -2.98. The van der Waals surface area contributed by atoms with Crippen molar-refractivity contribution in [1.29, 1.82) is 0 Å². The van der Waals surface area contributed by atoms with Crippen LogP contribution >= 0.6 is 23.1 Å². The Morgan fingerprint density at radius 1 is 1.35 bits per heavy atom. The molecule has 10 heteroatoms. The van der Waals surface area contributed by atoms with Gasteiger partial charge in [-0.25, -0.2) is 8.42 Å². The van der Waals surface area contributed by atoms with Gasteiger partial charge in [0, 0.05) is 18.6 Å². The van der Waals surface area contributed by atoms with Crippen LogP contribution in [0.2, 0.25) is 0 Å². The van der Waals surface area contributed by atoms with Crippen LogP contribution in [0.25, 0.3) is 0 Å². The van der Waals surface area contributed by atoms with Crippen LogP contribution in [0.15, 0.2) is 4.34 Å². The number of anilines is 1. The van der Waals surface area contributed by atoms with E-state index in [1.54, 1.807) is 0 Å². The Balaban J connectivity index is 1.58. The molecule has 7 nitrogen and oxygen atoms in total. The van der Waals surface area contributed by atoms with Gasteiger partial charge < -0.3 is 10.2 Å². The Labute approximate surface area is 144 Å². The summed E-state index contributed by atoms with van der Waals surface area (Å²) < 4.78 is 24.1. The van der Waals surface area contributed by atoms with Crippen molar-refractivity contribution in [2.75, 3.05) is 29.1 Å². The first-order valence-corrected chi connectivity index (χ1v) is 11.3. The lowest BCUT2D eigenvalue weighted by atomic mass is 10.2. The van der Waals surface area contributed by atoms with Crippen molar-refractivity contribution in [3.63, 3.8) is 0 Å². The minimum absolute atomic E-state index is 0.0137. The molecule has 0 spiro atoms. The van der Waals surface area contributed by atoms with Gasteiger partial charge in [-0.3, -0.25) is 4.79 Å². The molecule has 1 aromatic rings. The number of amides is 1. The number of rotatable bonds is 7. The Hall–Kier alpha value is -0.870. The average molecular weight is 377 g/mol. The zero-order valence-electron chi connectivity index (χ0n) is 12.9. The lowest BCUT2D eigenvalue weighted by Crippen LogP contribution is -2.43. The molecule has 2 fully saturated rings. The highest BCUT2D eigenvalue weighted by Crippen LogP contribution is 2.33. The third kappa shape index (κ3) is 4.36. The molecule has 2 aliphatic rings. The van der Waals surface area contributed by atoms with Crippen LogP contribution in [0.5, 0.6) is 0 Å². The number of aromatic nitrogens is 2. The first-order valence-electron chi connectivity index (χ1n) is 7.70.